The van der Waals surface area contributed by atoms with E-state index in [9.17, 15) is 9.59 Å². The van der Waals surface area contributed by atoms with Gasteiger partial charge in [-0.3, -0.25) is 9.59 Å². The van der Waals surface area contributed by atoms with Crippen molar-refractivity contribution in [3.05, 3.63) is 93.5 Å². The molecule has 1 heterocycles. The van der Waals surface area contributed by atoms with Crippen LogP contribution in [0.3, 0.4) is 0 Å². The van der Waals surface area contributed by atoms with Gasteiger partial charge in [0.2, 0.25) is 0 Å². The minimum atomic E-state index is -0.234. The van der Waals surface area contributed by atoms with Gasteiger partial charge in [0, 0.05) is 34.4 Å². The van der Waals surface area contributed by atoms with Crippen molar-refractivity contribution in [2.45, 2.75) is 19.9 Å². The first kappa shape index (κ1) is 21.1. The maximum absolute atomic E-state index is 13.0. The molecule has 3 aromatic rings. The largest absolute Gasteiger partial charge is 0.483 e. The number of anilines is 1. The Morgan fingerprint density at radius 3 is 2.65 bits per heavy atom. The Morgan fingerprint density at radius 1 is 1.10 bits per heavy atom. The number of ether oxygens (including phenoxy) is 1. The van der Waals surface area contributed by atoms with Crippen LogP contribution >= 0.6 is 15.9 Å². The number of rotatable bonds is 6. The zero-order valence-electron chi connectivity index (χ0n) is 17.2. The molecular formula is C25H23BrN2O3. The van der Waals surface area contributed by atoms with Crippen molar-refractivity contribution >= 4 is 33.4 Å². The van der Waals surface area contributed by atoms with Crippen molar-refractivity contribution in [3.63, 3.8) is 0 Å². The van der Waals surface area contributed by atoms with Crippen LogP contribution < -0.4 is 10.1 Å². The van der Waals surface area contributed by atoms with E-state index >= 15 is 0 Å². The van der Waals surface area contributed by atoms with E-state index in [4.69, 9.17) is 4.74 Å². The molecule has 0 unspecified atom stereocenters. The minimum Gasteiger partial charge on any atom is -0.483 e. The van der Waals surface area contributed by atoms with Crippen molar-refractivity contribution in [1.29, 1.82) is 0 Å². The van der Waals surface area contributed by atoms with Crippen molar-refractivity contribution in [3.8, 4) is 5.75 Å². The monoisotopic (exact) mass is 478 g/mol. The van der Waals surface area contributed by atoms with E-state index in [1.807, 2.05) is 72.5 Å². The number of aryl methyl sites for hydroxylation is 1. The number of hydrogen-bond acceptors (Lipinski definition) is 3. The molecule has 2 amide bonds. The summed E-state index contributed by atoms with van der Waals surface area (Å²) in [4.78, 5) is 27.2. The van der Waals surface area contributed by atoms with E-state index < -0.39 is 0 Å². The lowest BCUT2D eigenvalue weighted by Gasteiger charge is -2.29. The number of benzene rings is 3. The van der Waals surface area contributed by atoms with Gasteiger partial charge in [-0.2, -0.15) is 0 Å². The zero-order chi connectivity index (χ0) is 21.8. The van der Waals surface area contributed by atoms with Crippen LogP contribution in [0.5, 0.6) is 5.75 Å². The van der Waals surface area contributed by atoms with Gasteiger partial charge in [0.1, 0.15) is 5.75 Å². The first-order valence-electron chi connectivity index (χ1n) is 10.1. The van der Waals surface area contributed by atoms with Gasteiger partial charge >= 0.3 is 0 Å². The smallest absolute Gasteiger partial charge is 0.262 e. The molecular weight excluding hydrogens is 456 g/mol. The molecule has 1 aliphatic heterocycles. The quantitative estimate of drug-likeness (QED) is 0.543. The summed E-state index contributed by atoms with van der Waals surface area (Å²) in [6.45, 7) is 3.04. The average molecular weight is 479 g/mol. The molecule has 6 heteroatoms. The standard InChI is InChI=1S/C25H23BrN2O3/c1-17-4-2-5-20(14-17)27-24(29)16-31-23-7-3-6-22-21(23)12-13-28(25(22)30)15-18-8-10-19(26)11-9-18/h2-11,14H,12-13,15-16H2,1H3,(H,27,29). The van der Waals surface area contributed by atoms with Crippen molar-refractivity contribution < 1.29 is 14.3 Å². The highest BCUT2D eigenvalue weighted by molar-refractivity contribution is 9.10. The van der Waals surface area contributed by atoms with E-state index in [2.05, 4.69) is 21.2 Å². The molecule has 4 rings (SSSR count). The van der Waals surface area contributed by atoms with Crippen LogP contribution in [0.25, 0.3) is 0 Å². The van der Waals surface area contributed by atoms with E-state index in [1.165, 1.54) is 0 Å². The molecule has 0 saturated carbocycles. The third-order valence-corrected chi connectivity index (χ3v) is 5.76. The number of carbonyl (C=O) groups excluding carboxylic acids is 2. The molecule has 0 radical (unpaired) electrons. The van der Waals surface area contributed by atoms with Gasteiger partial charge in [-0.25, -0.2) is 0 Å². The fourth-order valence-electron chi connectivity index (χ4n) is 3.70. The highest BCUT2D eigenvalue weighted by Gasteiger charge is 2.26. The zero-order valence-corrected chi connectivity index (χ0v) is 18.8. The average Bonchev–Trinajstić information content (AvgIpc) is 2.76. The van der Waals surface area contributed by atoms with Gasteiger partial charge in [-0.15, -0.1) is 0 Å². The Kier molecular flexibility index (Phi) is 6.37. The molecule has 0 atom stereocenters. The number of nitrogens with zero attached hydrogens (tertiary/aromatic N) is 1. The van der Waals surface area contributed by atoms with E-state index in [-0.39, 0.29) is 18.4 Å². The molecule has 0 saturated heterocycles. The molecule has 158 valence electrons. The molecule has 5 nitrogen and oxygen atoms in total. The van der Waals surface area contributed by atoms with Gasteiger partial charge in [0.15, 0.2) is 6.61 Å². The van der Waals surface area contributed by atoms with Crippen LogP contribution in [0.15, 0.2) is 71.2 Å². The molecule has 31 heavy (non-hydrogen) atoms. The Bertz CT molecular complexity index is 1110. The molecule has 0 fully saturated rings. The normalized spacial score (nSPS) is 13.0. The summed E-state index contributed by atoms with van der Waals surface area (Å²) in [6.07, 6.45) is 0.688. The number of nitrogens with one attached hydrogen (secondary N) is 1. The van der Waals surface area contributed by atoms with Crippen LogP contribution in [0.4, 0.5) is 5.69 Å². The van der Waals surface area contributed by atoms with Gasteiger partial charge in [0.05, 0.1) is 0 Å². The molecule has 0 spiro atoms. The van der Waals surface area contributed by atoms with Crippen LogP contribution in [0, 0.1) is 6.92 Å². The number of halogens is 1. The Morgan fingerprint density at radius 2 is 1.87 bits per heavy atom. The number of amides is 2. The summed E-state index contributed by atoms with van der Waals surface area (Å²) in [5.74, 6) is 0.342. The van der Waals surface area contributed by atoms with Gasteiger partial charge in [-0.1, -0.05) is 46.3 Å². The van der Waals surface area contributed by atoms with Gasteiger partial charge in [0.25, 0.3) is 11.8 Å². The SMILES string of the molecule is Cc1cccc(NC(=O)COc2cccc3c2CCN(Cc2ccc(Br)cc2)C3=O)c1. The maximum Gasteiger partial charge on any atom is 0.262 e. The maximum atomic E-state index is 13.0. The van der Waals surface area contributed by atoms with Crippen LogP contribution in [-0.2, 0) is 17.8 Å². The molecule has 1 N–H and O–H groups in total. The van der Waals surface area contributed by atoms with Crippen LogP contribution in [-0.4, -0.2) is 29.9 Å². The Balaban J connectivity index is 1.41. The van der Waals surface area contributed by atoms with Gasteiger partial charge < -0.3 is 15.0 Å². The second kappa shape index (κ2) is 9.35. The predicted molar refractivity (Wildman–Crippen MR) is 124 cm³/mol. The summed E-state index contributed by atoms with van der Waals surface area (Å²) in [5.41, 5.74) is 4.40. The first-order valence-corrected chi connectivity index (χ1v) is 10.9. The highest BCUT2D eigenvalue weighted by atomic mass is 79.9. The predicted octanol–water partition coefficient (Wildman–Crippen LogP) is 4.97. The lowest BCUT2D eigenvalue weighted by atomic mass is 9.97. The molecule has 0 bridgehead atoms. The van der Waals surface area contributed by atoms with E-state index in [0.29, 0.717) is 30.8 Å². The topological polar surface area (TPSA) is 58.6 Å². The van der Waals surface area contributed by atoms with Crippen LogP contribution in [0.2, 0.25) is 0 Å². The summed E-state index contributed by atoms with van der Waals surface area (Å²) < 4.78 is 6.81. The van der Waals surface area contributed by atoms with E-state index in [1.54, 1.807) is 6.07 Å². The third-order valence-electron chi connectivity index (χ3n) is 5.23. The lowest BCUT2D eigenvalue weighted by molar-refractivity contribution is -0.118. The highest BCUT2D eigenvalue weighted by Crippen LogP contribution is 2.29. The summed E-state index contributed by atoms with van der Waals surface area (Å²) >= 11 is 3.44. The Labute approximate surface area is 190 Å². The minimum absolute atomic E-state index is 0.0150. The Hall–Kier alpha value is -3.12. The fraction of sp³-hybridized carbons (Fsp3) is 0.200. The number of fused-ring (bicyclic) bond motifs is 1. The van der Waals surface area contributed by atoms with Crippen molar-refractivity contribution in [2.75, 3.05) is 18.5 Å². The van der Waals surface area contributed by atoms with Crippen molar-refractivity contribution in [1.82, 2.24) is 4.90 Å². The first-order chi connectivity index (χ1) is 15.0. The number of hydrogen-bond donors (Lipinski definition) is 1. The third kappa shape index (κ3) is 5.14. The lowest BCUT2D eigenvalue weighted by Crippen LogP contribution is -2.37. The molecule has 1 aliphatic rings. The van der Waals surface area contributed by atoms with Gasteiger partial charge in [-0.05, 0) is 60.9 Å². The fourth-order valence-corrected chi connectivity index (χ4v) is 3.97. The summed E-state index contributed by atoms with van der Waals surface area (Å²) in [6, 6.07) is 21.0. The summed E-state index contributed by atoms with van der Waals surface area (Å²) in [7, 11) is 0. The van der Waals surface area contributed by atoms with Crippen LogP contribution in [0.1, 0.15) is 27.0 Å². The molecule has 0 aliphatic carbocycles. The number of carbonyl (C=O) groups is 2. The van der Waals surface area contributed by atoms with E-state index in [0.717, 1.165) is 26.9 Å². The molecule has 3 aromatic carbocycles. The second-order valence-corrected chi connectivity index (χ2v) is 8.51. The van der Waals surface area contributed by atoms with Crippen molar-refractivity contribution in [2.24, 2.45) is 0 Å². The second-order valence-electron chi connectivity index (χ2n) is 7.59. The molecule has 0 aromatic heterocycles. The summed E-state index contributed by atoms with van der Waals surface area (Å²) in [5, 5.41) is 2.84.